The summed E-state index contributed by atoms with van der Waals surface area (Å²) in [6.45, 7) is 3.97. The van der Waals surface area contributed by atoms with Gasteiger partial charge in [0.2, 0.25) is 0 Å². The van der Waals surface area contributed by atoms with Crippen molar-refractivity contribution in [1.29, 1.82) is 0 Å². The number of benzene rings is 1. The van der Waals surface area contributed by atoms with Crippen LogP contribution in [-0.2, 0) is 0 Å². The number of nitrogens with zero attached hydrogens (tertiary/aromatic N) is 2. The van der Waals surface area contributed by atoms with E-state index in [0.29, 0.717) is 5.11 Å². The van der Waals surface area contributed by atoms with E-state index in [0.717, 1.165) is 16.8 Å². The van der Waals surface area contributed by atoms with Crippen LogP contribution in [0.2, 0.25) is 0 Å². The van der Waals surface area contributed by atoms with Gasteiger partial charge in [-0.25, -0.2) is 0 Å². The smallest absolute Gasteiger partial charge is 0.180 e. The highest BCUT2D eigenvalue weighted by Gasteiger charge is 2.40. The Hall–Kier alpha value is -1.17. The maximum atomic E-state index is 9.99. The average Bonchev–Trinajstić information content (AvgIpc) is 2.45. The van der Waals surface area contributed by atoms with Gasteiger partial charge in [0.15, 0.2) is 17.6 Å². The van der Waals surface area contributed by atoms with Gasteiger partial charge in [-0.05, 0) is 37.7 Å². The van der Waals surface area contributed by atoms with E-state index in [-0.39, 0.29) is 0 Å². The lowest BCUT2D eigenvalue weighted by Crippen LogP contribution is -2.36. The second kappa shape index (κ2) is 4.25. The lowest BCUT2D eigenvalue weighted by Gasteiger charge is -2.23. The zero-order valence-electron chi connectivity index (χ0n) is 10.1. The second-order valence-electron chi connectivity index (χ2n) is 4.38. The van der Waals surface area contributed by atoms with E-state index in [4.69, 9.17) is 12.2 Å². The highest BCUT2D eigenvalue weighted by molar-refractivity contribution is 7.80. The molecule has 1 fully saturated rings. The largest absolute Gasteiger partial charge is 0.369 e. The molecule has 1 aromatic rings. The van der Waals surface area contributed by atoms with Crippen LogP contribution in [0.25, 0.3) is 0 Å². The molecule has 1 aliphatic heterocycles. The number of aryl methyl sites for hydroxylation is 2. The minimum absolute atomic E-state index is 0.428. The summed E-state index contributed by atoms with van der Waals surface area (Å²) in [5.41, 5.74) is 3.00. The van der Waals surface area contributed by atoms with Gasteiger partial charge in [0.25, 0.3) is 0 Å². The number of thiocarbonyl (C=S) groups is 1. The molecule has 17 heavy (non-hydrogen) atoms. The van der Waals surface area contributed by atoms with Crippen molar-refractivity contribution in [3.63, 3.8) is 0 Å². The van der Waals surface area contributed by atoms with Gasteiger partial charge in [-0.3, -0.25) is 4.90 Å². The molecule has 2 atom stereocenters. The van der Waals surface area contributed by atoms with E-state index < -0.39 is 12.5 Å². The van der Waals surface area contributed by atoms with E-state index >= 15 is 0 Å². The third-order valence-electron chi connectivity index (χ3n) is 3.05. The fourth-order valence-corrected chi connectivity index (χ4v) is 2.37. The van der Waals surface area contributed by atoms with Crippen LogP contribution in [0.5, 0.6) is 0 Å². The predicted octanol–water partition coefficient (Wildman–Crippen LogP) is 0.977. The number of aliphatic hydroxyl groups is 2. The zero-order chi connectivity index (χ0) is 12.7. The molecule has 1 aromatic carbocycles. The summed E-state index contributed by atoms with van der Waals surface area (Å²) >= 11 is 5.22. The molecule has 2 unspecified atom stereocenters. The number of anilines is 1. The van der Waals surface area contributed by atoms with Crippen molar-refractivity contribution >= 4 is 23.0 Å². The summed E-state index contributed by atoms with van der Waals surface area (Å²) in [5, 5.41) is 20.2. The van der Waals surface area contributed by atoms with Crippen molar-refractivity contribution in [2.45, 2.75) is 26.3 Å². The van der Waals surface area contributed by atoms with Crippen molar-refractivity contribution in [3.8, 4) is 0 Å². The maximum absolute atomic E-state index is 9.99. The number of hydrogen-bond acceptors (Lipinski definition) is 3. The molecule has 0 radical (unpaired) electrons. The topological polar surface area (TPSA) is 46.9 Å². The molecule has 4 nitrogen and oxygen atoms in total. The Kier molecular flexibility index (Phi) is 3.07. The van der Waals surface area contributed by atoms with Gasteiger partial charge in [0.1, 0.15) is 0 Å². The monoisotopic (exact) mass is 252 g/mol. The highest BCUT2D eigenvalue weighted by Crippen LogP contribution is 2.29. The fraction of sp³-hybridized carbons (Fsp3) is 0.417. The molecule has 0 saturated carbocycles. The Morgan fingerprint density at radius 2 is 1.82 bits per heavy atom. The summed E-state index contributed by atoms with van der Waals surface area (Å²) in [5.74, 6) is 0. The minimum atomic E-state index is -1.02. The second-order valence-corrected chi connectivity index (χ2v) is 4.75. The lowest BCUT2D eigenvalue weighted by molar-refractivity contribution is -0.0154. The van der Waals surface area contributed by atoms with Crippen molar-refractivity contribution in [2.75, 3.05) is 11.9 Å². The molecule has 0 amide bonds. The minimum Gasteiger partial charge on any atom is -0.369 e. The molecule has 5 heteroatoms. The van der Waals surface area contributed by atoms with Gasteiger partial charge in [0, 0.05) is 12.7 Å². The van der Waals surface area contributed by atoms with Crippen LogP contribution in [0, 0.1) is 13.8 Å². The first-order chi connectivity index (χ1) is 7.93. The number of hydrogen-bond donors (Lipinski definition) is 2. The van der Waals surface area contributed by atoms with Crippen LogP contribution in [0.15, 0.2) is 18.2 Å². The summed E-state index contributed by atoms with van der Waals surface area (Å²) in [4.78, 5) is 3.06. The van der Waals surface area contributed by atoms with Crippen LogP contribution in [0.3, 0.4) is 0 Å². The number of aliphatic hydroxyl groups excluding tert-OH is 2. The van der Waals surface area contributed by atoms with Crippen LogP contribution in [-0.4, -0.2) is 39.7 Å². The number of likely N-dealkylation sites (N-methyl/N-ethyl adjacent to an activating group) is 1. The molecule has 0 aromatic heterocycles. The molecular formula is C12H16N2O2S. The van der Waals surface area contributed by atoms with Gasteiger partial charge in [-0.2, -0.15) is 0 Å². The van der Waals surface area contributed by atoms with Gasteiger partial charge in [-0.1, -0.05) is 17.7 Å². The standard InChI is InChI=1S/C12H16N2O2S/c1-7-4-5-9(8(2)6-7)14-11(16)10(15)13(3)12(14)17/h4-6,10-11,15-16H,1-3H3. The molecular weight excluding hydrogens is 236 g/mol. The summed E-state index contributed by atoms with van der Waals surface area (Å²) in [7, 11) is 1.67. The van der Waals surface area contributed by atoms with E-state index in [1.54, 1.807) is 11.9 Å². The van der Waals surface area contributed by atoms with Gasteiger partial charge < -0.3 is 15.1 Å². The van der Waals surface area contributed by atoms with Crippen molar-refractivity contribution in [3.05, 3.63) is 29.3 Å². The first-order valence-electron chi connectivity index (χ1n) is 5.43. The van der Waals surface area contributed by atoms with Crippen molar-refractivity contribution < 1.29 is 10.2 Å². The normalized spacial score (nSPS) is 24.6. The Morgan fingerprint density at radius 3 is 2.29 bits per heavy atom. The molecule has 2 N–H and O–H groups in total. The molecule has 0 bridgehead atoms. The molecule has 0 spiro atoms. The molecule has 1 heterocycles. The zero-order valence-corrected chi connectivity index (χ0v) is 10.9. The average molecular weight is 252 g/mol. The lowest BCUT2D eigenvalue weighted by atomic mass is 10.1. The molecule has 1 saturated heterocycles. The third kappa shape index (κ3) is 1.90. The molecule has 1 aliphatic rings. The molecule has 2 rings (SSSR count). The van der Waals surface area contributed by atoms with Crippen LogP contribution >= 0.6 is 12.2 Å². The maximum Gasteiger partial charge on any atom is 0.180 e. The summed E-state index contributed by atoms with van der Waals surface area (Å²) in [6.07, 6.45) is -2.00. The Morgan fingerprint density at radius 1 is 1.18 bits per heavy atom. The van der Waals surface area contributed by atoms with E-state index in [1.807, 2.05) is 32.0 Å². The van der Waals surface area contributed by atoms with Crippen molar-refractivity contribution in [1.82, 2.24) is 4.90 Å². The van der Waals surface area contributed by atoms with Gasteiger partial charge >= 0.3 is 0 Å². The van der Waals surface area contributed by atoms with E-state index in [2.05, 4.69) is 0 Å². The predicted molar refractivity (Wildman–Crippen MR) is 70.8 cm³/mol. The fourth-order valence-electron chi connectivity index (χ4n) is 2.05. The van der Waals surface area contributed by atoms with Gasteiger partial charge in [0.05, 0.1) is 0 Å². The Labute approximate surface area is 106 Å². The van der Waals surface area contributed by atoms with Crippen molar-refractivity contribution in [2.24, 2.45) is 0 Å². The Bertz CT molecular complexity index is 464. The first-order valence-corrected chi connectivity index (χ1v) is 5.83. The summed E-state index contributed by atoms with van der Waals surface area (Å²) in [6, 6.07) is 5.89. The summed E-state index contributed by atoms with van der Waals surface area (Å²) < 4.78 is 0. The van der Waals surface area contributed by atoms with Crippen LogP contribution < -0.4 is 4.90 Å². The van der Waals surface area contributed by atoms with E-state index in [1.165, 1.54) is 4.90 Å². The Balaban J connectivity index is 2.43. The SMILES string of the molecule is Cc1ccc(N2C(=S)N(C)C(O)C2O)c(C)c1. The van der Waals surface area contributed by atoms with Gasteiger partial charge in [-0.15, -0.1) is 0 Å². The third-order valence-corrected chi connectivity index (χ3v) is 3.53. The first kappa shape index (κ1) is 12.3. The van der Waals surface area contributed by atoms with E-state index in [9.17, 15) is 10.2 Å². The number of rotatable bonds is 1. The quantitative estimate of drug-likeness (QED) is 0.730. The molecule has 92 valence electrons. The van der Waals surface area contributed by atoms with Crippen LogP contribution in [0.4, 0.5) is 5.69 Å². The highest BCUT2D eigenvalue weighted by atomic mass is 32.1. The van der Waals surface area contributed by atoms with Crippen LogP contribution in [0.1, 0.15) is 11.1 Å². The molecule has 0 aliphatic carbocycles.